The Morgan fingerprint density at radius 1 is 1.23 bits per heavy atom. The zero-order valence-electron chi connectivity index (χ0n) is 17.0. The standard InChI is InChI=1S/C21H20N6O4/c1-13-6-7-14(20-25-19(31-26-20)11-23-18(28)12-30-2)9-15(13)24-21(29)16-10-22-17-5-3-4-8-27(16)17/h3-10H,11-12H2,1-2H3,(H,23,28)(H,24,29). The number of rotatable bonds is 7. The SMILES string of the molecule is COCC(=O)NCc1nc(-c2ccc(C)c(NC(=O)c3cnc4ccccn34)c2)no1. The summed E-state index contributed by atoms with van der Waals surface area (Å²) in [6.07, 6.45) is 3.32. The van der Waals surface area contributed by atoms with Crippen molar-refractivity contribution in [2.24, 2.45) is 0 Å². The number of carbonyl (C=O) groups is 2. The first kappa shape index (κ1) is 20.2. The lowest BCUT2D eigenvalue weighted by Gasteiger charge is -2.09. The van der Waals surface area contributed by atoms with E-state index in [1.54, 1.807) is 16.7 Å². The van der Waals surface area contributed by atoms with Gasteiger partial charge in [0.25, 0.3) is 5.91 Å². The Hall–Kier alpha value is -4.05. The fourth-order valence-electron chi connectivity index (χ4n) is 2.98. The molecule has 2 amide bonds. The summed E-state index contributed by atoms with van der Waals surface area (Å²) in [5.41, 5.74) is 3.27. The van der Waals surface area contributed by atoms with Gasteiger partial charge in [-0.05, 0) is 30.7 Å². The molecule has 0 aliphatic heterocycles. The van der Waals surface area contributed by atoms with Gasteiger partial charge in [0.05, 0.1) is 12.7 Å². The lowest BCUT2D eigenvalue weighted by atomic mass is 10.1. The maximum absolute atomic E-state index is 12.8. The fraction of sp³-hybridized carbons (Fsp3) is 0.190. The topological polar surface area (TPSA) is 124 Å². The minimum absolute atomic E-state index is 0.0471. The number of benzene rings is 1. The smallest absolute Gasteiger partial charge is 0.274 e. The number of pyridine rings is 1. The monoisotopic (exact) mass is 420 g/mol. The summed E-state index contributed by atoms with van der Waals surface area (Å²) in [7, 11) is 1.44. The summed E-state index contributed by atoms with van der Waals surface area (Å²) in [5.74, 6) is 0.0428. The molecule has 3 aromatic heterocycles. The number of ether oxygens (including phenoxy) is 1. The molecule has 4 aromatic rings. The lowest BCUT2D eigenvalue weighted by molar-refractivity contribution is -0.125. The van der Waals surface area contributed by atoms with E-state index in [9.17, 15) is 9.59 Å². The molecule has 31 heavy (non-hydrogen) atoms. The fourth-order valence-corrected chi connectivity index (χ4v) is 2.98. The van der Waals surface area contributed by atoms with Crippen molar-refractivity contribution in [3.63, 3.8) is 0 Å². The van der Waals surface area contributed by atoms with Gasteiger partial charge >= 0.3 is 0 Å². The Morgan fingerprint density at radius 3 is 2.94 bits per heavy atom. The second-order valence-electron chi connectivity index (χ2n) is 6.78. The number of carbonyl (C=O) groups excluding carboxylic acids is 2. The molecule has 0 unspecified atom stereocenters. The second-order valence-corrected chi connectivity index (χ2v) is 6.78. The zero-order chi connectivity index (χ0) is 21.8. The molecule has 0 radical (unpaired) electrons. The molecule has 0 saturated heterocycles. The number of anilines is 1. The first-order chi connectivity index (χ1) is 15.0. The number of nitrogens with zero attached hydrogens (tertiary/aromatic N) is 4. The van der Waals surface area contributed by atoms with Crippen LogP contribution in [-0.2, 0) is 16.1 Å². The van der Waals surface area contributed by atoms with Crippen molar-refractivity contribution in [3.05, 3.63) is 65.9 Å². The average molecular weight is 420 g/mol. The van der Waals surface area contributed by atoms with Crippen molar-refractivity contribution in [2.45, 2.75) is 13.5 Å². The Kier molecular flexibility index (Phi) is 5.72. The largest absolute Gasteiger partial charge is 0.375 e. The number of imidazole rings is 1. The molecular weight excluding hydrogens is 400 g/mol. The van der Waals surface area contributed by atoms with E-state index in [0.717, 1.165) is 5.56 Å². The summed E-state index contributed by atoms with van der Waals surface area (Å²) in [4.78, 5) is 32.8. The van der Waals surface area contributed by atoms with E-state index in [2.05, 4.69) is 25.8 Å². The first-order valence-corrected chi connectivity index (χ1v) is 9.48. The maximum atomic E-state index is 12.8. The quantitative estimate of drug-likeness (QED) is 0.470. The molecule has 0 atom stereocenters. The second kappa shape index (κ2) is 8.76. The van der Waals surface area contributed by atoms with Crippen molar-refractivity contribution in [3.8, 4) is 11.4 Å². The molecule has 0 spiro atoms. The highest BCUT2D eigenvalue weighted by molar-refractivity contribution is 6.04. The summed E-state index contributed by atoms with van der Waals surface area (Å²) in [6, 6.07) is 11.0. The van der Waals surface area contributed by atoms with Crippen LogP contribution in [0.5, 0.6) is 0 Å². The van der Waals surface area contributed by atoms with E-state index in [0.29, 0.717) is 28.4 Å². The normalized spacial score (nSPS) is 10.9. The summed E-state index contributed by atoms with van der Waals surface area (Å²) >= 11 is 0. The number of hydrogen-bond acceptors (Lipinski definition) is 7. The van der Waals surface area contributed by atoms with E-state index in [1.165, 1.54) is 13.3 Å². The van der Waals surface area contributed by atoms with Crippen molar-refractivity contribution < 1.29 is 18.8 Å². The van der Waals surface area contributed by atoms with Crippen LogP contribution in [0.1, 0.15) is 21.9 Å². The van der Waals surface area contributed by atoms with Gasteiger partial charge in [0, 0.05) is 24.6 Å². The van der Waals surface area contributed by atoms with Gasteiger partial charge in [-0.15, -0.1) is 0 Å². The van der Waals surface area contributed by atoms with Gasteiger partial charge in [-0.1, -0.05) is 23.4 Å². The van der Waals surface area contributed by atoms with Gasteiger partial charge in [-0.25, -0.2) is 4.98 Å². The molecule has 2 N–H and O–H groups in total. The number of hydrogen-bond donors (Lipinski definition) is 2. The van der Waals surface area contributed by atoms with Gasteiger partial charge < -0.3 is 19.9 Å². The minimum atomic E-state index is -0.284. The molecule has 4 rings (SSSR count). The molecule has 0 aliphatic rings. The van der Waals surface area contributed by atoms with E-state index in [-0.39, 0.29) is 30.9 Å². The third kappa shape index (κ3) is 4.43. The molecule has 0 fully saturated rings. The number of methoxy groups -OCH3 is 1. The van der Waals surface area contributed by atoms with E-state index in [4.69, 9.17) is 9.26 Å². The van der Waals surface area contributed by atoms with Crippen LogP contribution in [-0.4, -0.2) is 45.1 Å². The summed E-state index contributed by atoms with van der Waals surface area (Å²) in [5, 5.41) is 9.49. The molecule has 0 aliphatic carbocycles. The predicted molar refractivity (Wildman–Crippen MR) is 111 cm³/mol. The van der Waals surface area contributed by atoms with E-state index >= 15 is 0 Å². The zero-order valence-corrected chi connectivity index (χ0v) is 17.0. The van der Waals surface area contributed by atoms with Crippen LogP contribution < -0.4 is 10.6 Å². The molecule has 10 nitrogen and oxygen atoms in total. The number of nitrogens with one attached hydrogen (secondary N) is 2. The van der Waals surface area contributed by atoms with Crippen LogP contribution in [0.15, 0.2) is 53.3 Å². The summed E-state index contributed by atoms with van der Waals surface area (Å²) in [6.45, 7) is 1.94. The highest BCUT2D eigenvalue weighted by Crippen LogP contribution is 2.24. The van der Waals surface area contributed by atoms with Gasteiger partial charge in [-0.3, -0.25) is 14.0 Å². The van der Waals surface area contributed by atoms with Crippen molar-refractivity contribution in [2.75, 3.05) is 19.0 Å². The molecule has 0 saturated carbocycles. The highest BCUT2D eigenvalue weighted by Gasteiger charge is 2.15. The van der Waals surface area contributed by atoms with Crippen LogP contribution in [0.3, 0.4) is 0 Å². The van der Waals surface area contributed by atoms with Gasteiger partial charge in [-0.2, -0.15) is 4.98 Å². The van der Waals surface area contributed by atoms with Gasteiger partial charge in [0.1, 0.15) is 17.9 Å². The maximum Gasteiger partial charge on any atom is 0.274 e. The van der Waals surface area contributed by atoms with Crippen molar-refractivity contribution in [1.82, 2.24) is 24.8 Å². The number of amides is 2. The van der Waals surface area contributed by atoms with Gasteiger partial charge in [0.2, 0.25) is 17.6 Å². The third-order valence-electron chi connectivity index (χ3n) is 4.57. The van der Waals surface area contributed by atoms with Crippen LogP contribution >= 0.6 is 0 Å². The third-order valence-corrected chi connectivity index (χ3v) is 4.57. The van der Waals surface area contributed by atoms with E-state index in [1.807, 2.05) is 37.3 Å². The Morgan fingerprint density at radius 2 is 2.10 bits per heavy atom. The van der Waals surface area contributed by atoms with Crippen LogP contribution in [0.25, 0.3) is 17.0 Å². The Labute approximate surface area is 177 Å². The van der Waals surface area contributed by atoms with Crippen LogP contribution in [0.2, 0.25) is 0 Å². The first-order valence-electron chi connectivity index (χ1n) is 9.48. The Bertz CT molecular complexity index is 1250. The van der Waals surface area contributed by atoms with Crippen molar-refractivity contribution >= 4 is 23.1 Å². The van der Waals surface area contributed by atoms with Crippen LogP contribution in [0, 0.1) is 6.92 Å². The molecule has 3 heterocycles. The molecule has 1 aromatic carbocycles. The summed E-state index contributed by atoms with van der Waals surface area (Å²) < 4.78 is 11.7. The lowest BCUT2D eigenvalue weighted by Crippen LogP contribution is -2.26. The highest BCUT2D eigenvalue weighted by atomic mass is 16.5. The Balaban J connectivity index is 1.51. The molecule has 10 heteroatoms. The van der Waals surface area contributed by atoms with Crippen molar-refractivity contribution in [1.29, 1.82) is 0 Å². The number of fused-ring (bicyclic) bond motifs is 1. The molecule has 158 valence electrons. The van der Waals surface area contributed by atoms with E-state index < -0.39 is 0 Å². The molecule has 0 bridgehead atoms. The average Bonchev–Trinajstić information content (AvgIpc) is 3.41. The van der Waals surface area contributed by atoms with Crippen LogP contribution in [0.4, 0.5) is 5.69 Å². The predicted octanol–water partition coefficient (Wildman–Crippen LogP) is 2.21. The minimum Gasteiger partial charge on any atom is -0.375 e. The number of aryl methyl sites for hydroxylation is 1. The van der Waals surface area contributed by atoms with Gasteiger partial charge in [0.15, 0.2) is 0 Å². The number of aromatic nitrogens is 4. The molecular formula is C21H20N6O4.